The molecule has 0 aliphatic carbocycles. The predicted octanol–water partition coefficient (Wildman–Crippen LogP) is 0.936. The Labute approximate surface area is 78.5 Å². The maximum Gasteiger partial charge on any atom is 0.0620 e. The van der Waals surface area contributed by atoms with Gasteiger partial charge in [-0.25, -0.2) is 0 Å². The Morgan fingerprint density at radius 2 is 2.54 bits per heavy atom. The van der Waals surface area contributed by atoms with Crippen LogP contribution in [-0.2, 0) is 11.2 Å². The number of rotatable bonds is 3. The van der Waals surface area contributed by atoms with Crippen molar-refractivity contribution in [3.8, 4) is 0 Å². The lowest BCUT2D eigenvalue weighted by atomic mass is 10.1. The van der Waals surface area contributed by atoms with Gasteiger partial charge in [-0.05, 0) is 25.0 Å². The maximum atomic E-state index is 5.38. The second-order valence-electron chi connectivity index (χ2n) is 3.46. The van der Waals surface area contributed by atoms with Crippen LogP contribution in [0.4, 0.5) is 0 Å². The maximum absolute atomic E-state index is 5.38. The average Bonchev–Trinajstić information content (AvgIpc) is 2.69. The number of aryl methyl sites for hydroxylation is 1. The normalized spacial score (nSPS) is 23.2. The minimum Gasteiger partial charge on any atom is -0.379 e. The Bertz CT molecular complexity index is 227. The lowest BCUT2D eigenvalue weighted by molar-refractivity contribution is 0.0743. The van der Waals surface area contributed by atoms with Crippen molar-refractivity contribution in [2.75, 3.05) is 19.8 Å². The standard InChI is InChI=1S/C10H16N2O/c1-2-9(11-5-1)3-4-10-8-13-7-6-12-10/h1-2,5,10-12H,3-4,6-8H2. The van der Waals surface area contributed by atoms with Crippen molar-refractivity contribution in [1.29, 1.82) is 0 Å². The van der Waals surface area contributed by atoms with E-state index in [1.54, 1.807) is 0 Å². The Hall–Kier alpha value is -0.800. The number of nitrogens with one attached hydrogen (secondary N) is 2. The molecule has 0 amide bonds. The Morgan fingerprint density at radius 1 is 1.54 bits per heavy atom. The molecule has 3 nitrogen and oxygen atoms in total. The van der Waals surface area contributed by atoms with E-state index in [-0.39, 0.29) is 0 Å². The number of morpholine rings is 1. The van der Waals surface area contributed by atoms with Gasteiger partial charge in [-0.1, -0.05) is 0 Å². The highest BCUT2D eigenvalue weighted by molar-refractivity contribution is 5.03. The van der Waals surface area contributed by atoms with Gasteiger partial charge in [0.15, 0.2) is 0 Å². The number of aromatic nitrogens is 1. The lowest BCUT2D eigenvalue weighted by Gasteiger charge is -2.23. The topological polar surface area (TPSA) is 37.0 Å². The number of H-pyrrole nitrogens is 1. The zero-order chi connectivity index (χ0) is 8.93. The molecule has 3 heteroatoms. The molecule has 0 radical (unpaired) electrons. The highest BCUT2D eigenvalue weighted by atomic mass is 16.5. The molecule has 13 heavy (non-hydrogen) atoms. The summed E-state index contributed by atoms with van der Waals surface area (Å²) in [5.74, 6) is 0. The zero-order valence-electron chi connectivity index (χ0n) is 7.75. The molecular weight excluding hydrogens is 164 g/mol. The molecule has 2 rings (SSSR count). The Kier molecular flexibility index (Phi) is 3.00. The minimum absolute atomic E-state index is 0.539. The van der Waals surface area contributed by atoms with Crippen LogP contribution in [-0.4, -0.2) is 30.8 Å². The highest BCUT2D eigenvalue weighted by Gasteiger charge is 2.12. The van der Waals surface area contributed by atoms with E-state index < -0.39 is 0 Å². The molecule has 0 aromatic carbocycles. The summed E-state index contributed by atoms with van der Waals surface area (Å²) < 4.78 is 5.38. The largest absolute Gasteiger partial charge is 0.379 e. The van der Waals surface area contributed by atoms with Gasteiger partial charge in [0.1, 0.15) is 0 Å². The fraction of sp³-hybridized carbons (Fsp3) is 0.600. The molecule has 0 spiro atoms. The number of hydrogen-bond donors (Lipinski definition) is 2. The summed E-state index contributed by atoms with van der Waals surface area (Å²) >= 11 is 0. The van der Waals surface area contributed by atoms with Crippen molar-refractivity contribution in [1.82, 2.24) is 10.3 Å². The fourth-order valence-electron chi connectivity index (χ4n) is 1.66. The van der Waals surface area contributed by atoms with Crippen LogP contribution in [0, 0.1) is 0 Å². The fourth-order valence-corrected chi connectivity index (χ4v) is 1.66. The van der Waals surface area contributed by atoms with Crippen molar-refractivity contribution in [2.24, 2.45) is 0 Å². The molecule has 1 atom stereocenters. The molecule has 1 fully saturated rings. The predicted molar refractivity (Wildman–Crippen MR) is 51.7 cm³/mol. The van der Waals surface area contributed by atoms with E-state index in [2.05, 4.69) is 16.4 Å². The van der Waals surface area contributed by atoms with E-state index in [9.17, 15) is 0 Å². The molecule has 1 aromatic rings. The third kappa shape index (κ3) is 2.57. The molecule has 0 saturated carbocycles. The summed E-state index contributed by atoms with van der Waals surface area (Å²) in [7, 11) is 0. The van der Waals surface area contributed by atoms with Crippen molar-refractivity contribution in [3.63, 3.8) is 0 Å². The average molecular weight is 180 g/mol. The molecule has 1 saturated heterocycles. The summed E-state index contributed by atoms with van der Waals surface area (Å²) in [5, 5.41) is 3.44. The first-order valence-electron chi connectivity index (χ1n) is 4.88. The second-order valence-corrected chi connectivity index (χ2v) is 3.46. The van der Waals surface area contributed by atoms with Crippen LogP contribution in [0.2, 0.25) is 0 Å². The van der Waals surface area contributed by atoms with E-state index in [4.69, 9.17) is 4.74 Å². The quantitative estimate of drug-likeness (QED) is 0.726. The van der Waals surface area contributed by atoms with Gasteiger partial charge in [-0.15, -0.1) is 0 Å². The highest BCUT2D eigenvalue weighted by Crippen LogP contribution is 2.04. The first-order chi connectivity index (χ1) is 6.45. The molecule has 72 valence electrons. The van der Waals surface area contributed by atoms with Crippen LogP contribution in [0.5, 0.6) is 0 Å². The summed E-state index contributed by atoms with van der Waals surface area (Å²) in [6.45, 7) is 2.72. The number of hydrogen-bond acceptors (Lipinski definition) is 2. The first-order valence-corrected chi connectivity index (χ1v) is 4.88. The van der Waals surface area contributed by atoms with Gasteiger partial charge in [0.25, 0.3) is 0 Å². The van der Waals surface area contributed by atoms with Crippen LogP contribution in [0.1, 0.15) is 12.1 Å². The van der Waals surface area contributed by atoms with Gasteiger partial charge in [0.2, 0.25) is 0 Å². The van der Waals surface area contributed by atoms with Gasteiger partial charge in [0.05, 0.1) is 13.2 Å². The van der Waals surface area contributed by atoms with Gasteiger partial charge in [0, 0.05) is 24.5 Å². The van der Waals surface area contributed by atoms with Crippen LogP contribution >= 0.6 is 0 Å². The van der Waals surface area contributed by atoms with Crippen LogP contribution < -0.4 is 5.32 Å². The molecular formula is C10H16N2O. The Morgan fingerprint density at radius 3 is 3.23 bits per heavy atom. The third-order valence-electron chi connectivity index (χ3n) is 2.42. The monoisotopic (exact) mass is 180 g/mol. The van der Waals surface area contributed by atoms with Gasteiger partial charge in [-0.2, -0.15) is 0 Å². The SMILES string of the molecule is c1c[nH]c(CCC2COCCN2)c1. The van der Waals surface area contributed by atoms with Crippen LogP contribution in [0.3, 0.4) is 0 Å². The van der Waals surface area contributed by atoms with Crippen molar-refractivity contribution < 1.29 is 4.74 Å². The molecule has 2 heterocycles. The second kappa shape index (κ2) is 4.44. The van der Waals surface area contributed by atoms with Crippen molar-refractivity contribution in [3.05, 3.63) is 24.0 Å². The third-order valence-corrected chi connectivity index (χ3v) is 2.42. The minimum atomic E-state index is 0.539. The van der Waals surface area contributed by atoms with Gasteiger partial charge >= 0.3 is 0 Å². The molecule has 1 aliphatic heterocycles. The molecule has 2 N–H and O–H groups in total. The van der Waals surface area contributed by atoms with E-state index in [0.717, 1.165) is 32.6 Å². The van der Waals surface area contributed by atoms with Crippen molar-refractivity contribution in [2.45, 2.75) is 18.9 Å². The van der Waals surface area contributed by atoms with E-state index >= 15 is 0 Å². The van der Waals surface area contributed by atoms with Crippen LogP contribution in [0.25, 0.3) is 0 Å². The van der Waals surface area contributed by atoms with Crippen molar-refractivity contribution >= 4 is 0 Å². The molecule has 0 bridgehead atoms. The number of aromatic amines is 1. The smallest absolute Gasteiger partial charge is 0.0620 e. The van der Waals surface area contributed by atoms with Crippen LogP contribution in [0.15, 0.2) is 18.3 Å². The van der Waals surface area contributed by atoms with Gasteiger partial charge in [-0.3, -0.25) is 0 Å². The number of ether oxygens (including phenoxy) is 1. The summed E-state index contributed by atoms with van der Waals surface area (Å²) in [5.41, 5.74) is 1.31. The van der Waals surface area contributed by atoms with E-state index in [1.165, 1.54) is 5.69 Å². The zero-order valence-corrected chi connectivity index (χ0v) is 7.75. The lowest BCUT2D eigenvalue weighted by Crippen LogP contribution is -2.41. The summed E-state index contributed by atoms with van der Waals surface area (Å²) in [6, 6.07) is 4.71. The summed E-state index contributed by atoms with van der Waals surface area (Å²) in [6.07, 6.45) is 4.23. The van der Waals surface area contributed by atoms with E-state index in [0.29, 0.717) is 6.04 Å². The summed E-state index contributed by atoms with van der Waals surface area (Å²) in [4.78, 5) is 3.21. The first kappa shape index (κ1) is 8.78. The molecule has 1 aliphatic rings. The van der Waals surface area contributed by atoms with Gasteiger partial charge < -0.3 is 15.0 Å². The van der Waals surface area contributed by atoms with E-state index in [1.807, 2.05) is 12.3 Å². The molecule has 1 aromatic heterocycles. The Balaban J connectivity index is 1.72. The molecule has 1 unspecified atom stereocenters.